The van der Waals surface area contributed by atoms with Gasteiger partial charge in [-0.05, 0) is 12.8 Å². The Morgan fingerprint density at radius 2 is 1.00 bits per heavy atom. The van der Waals surface area contributed by atoms with Gasteiger partial charge in [0.2, 0.25) is 11.6 Å². The van der Waals surface area contributed by atoms with Crippen molar-refractivity contribution in [3.05, 3.63) is 23.7 Å². The standard InChI is InChI=1S/C22H32O6/c1-3-5-7-9-11-13-21(25)27-19-15-18(24)20(16-17(19)23)28-22(26)14-12-10-8-6-4-2/h15-16H,3-14H2,1-2H3. The molecule has 0 bridgehead atoms. The monoisotopic (exact) mass is 392 g/mol. The van der Waals surface area contributed by atoms with Gasteiger partial charge in [0, 0.05) is 25.0 Å². The first-order valence-corrected chi connectivity index (χ1v) is 10.4. The van der Waals surface area contributed by atoms with Crippen LogP contribution in [0.1, 0.15) is 90.9 Å². The molecule has 0 aromatic rings. The second-order valence-corrected chi connectivity index (χ2v) is 7.02. The number of hydrogen-bond acceptors (Lipinski definition) is 6. The van der Waals surface area contributed by atoms with Crippen molar-refractivity contribution < 1.29 is 28.7 Å². The van der Waals surface area contributed by atoms with Gasteiger partial charge < -0.3 is 9.47 Å². The third-order valence-corrected chi connectivity index (χ3v) is 4.43. The predicted octanol–water partition coefficient (Wildman–Crippen LogP) is 4.71. The Balaban J connectivity index is 2.39. The lowest BCUT2D eigenvalue weighted by atomic mass is 10.1. The molecule has 0 aromatic heterocycles. The van der Waals surface area contributed by atoms with Crippen LogP contribution in [-0.4, -0.2) is 23.5 Å². The van der Waals surface area contributed by atoms with E-state index in [-0.39, 0.29) is 24.4 Å². The Morgan fingerprint density at radius 3 is 1.36 bits per heavy atom. The number of allylic oxidation sites excluding steroid dienone is 2. The maximum atomic E-state index is 12.0. The second kappa shape index (κ2) is 13.9. The Hall–Kier alpha value is -2.24. The highest BCUT2D eigenvalue weighted by molar-refractivity contribution is 6.19. The minimum absolute atomic E-state index is 0.201. The van der Waals surface area contributed by atoms with Crippen molar-refractivity contribution in [2.75, 3.05) is 0 Å². The van der Waals surface area contributed by atoms with Crippen molar-refractivity contribution in [3.8, 4) is 0 Å². The van der Waals surface area contributed by atoms with Gasteiger partial charge in [0.25, 0.3) is 0 Å². The summed E-state index contributed by atoms with van der Waals surface area (Å²) < 4.78 is 10.0. The van der Waals surface area contributed by atoms with E-state index in [1.807, 2.05) is 0 Å². The lowest BCUT2D eigenvalue weighted by Crippen LogP contribution is -2.20. The highest BCUT2D eigenvalue weighted by Gasteiger charge is 2.26. The van der Waals surface area contributed by atoms with Crippen molar-refractivity contribution in [2.45, 2.75) is 90.9 Å². The third-order valence-electron chi connectivity index (χ3n) is 4.43. The Bertz CT molecular complexity index is 561. The second-order valence-electron chi connectivity index (χ2n) is 7.02. The lowest BCUT2D eigenvalue weighted by Gasteiger charge is -2.12. The average Bonchev–Trinajstić information content (AvgIpc) is 2.65. The molecule has 1 aliphatic carbocycles. The van der Waals surface area contributed by atoms with Crippen molar-refractivity contribution in [1.82, 2.24) is 0 Å². The summed E-state index contributed by atoms with van der Waals surface area (Å²) in [7, 11) is 0. The molecule has 0 N–H and O–H groups in total. The molecular formula is C22H32O6. The lowest BCUT2D eigenvalue weighted by molar-refractivity contribution is -0.144. The number of ketones is 2. The quantitative estimate of drug-likeness (QED) is 0.242. The Kier molecular flexibility index (Phi) is 11.8. The normalized spacial score (nSPS) is 13.8. The van der Waals surface area contributed by atoms with Crippen molar-refractivity contribution in [3.63, 3.8) is 0 Å². The fraction of sp³-hybridized carbons (Fsp3) is 0.636. The van der Waals surface area contributed by atoms with E-state index in [4.69, 9.17) is 9.47 Å². The van der Waals surface area contributed by atoms with Gasteiger partial charge in [0.15, 0.2) is 11.5 Å². The summed E-state index contributed by atoms with van der Waals surface area (Å²) in [6.45, 7) is 4.22. The summed E-state index contributed by atoms with van der Waals surface area (Å²) >= 11 is 0. The van der Waals surface area contributed by atoms with E-state index in [0.29, 0.717) is 12.8 Å². The molecule has 156 valence electrons. The zero-order chi connectivity index (χ0) is 20.8. The molecule has 28 heavy (non-hydrogen) atoms. The van der Waals surface area contributed by atoms with Gasteiger partial charge in [0.05, 0.1) is 0 Å². The first kappa shape index (κ1) is 23.8. The number of unbranched alkanes of at least 4 members (excludes halogenated alkanes) is 8. The van der Waals surface area contributed by atoms with Crippen LogP contribution >= 0.6 is 0 Å². The fourth-order valence-corrected chi connectivity index (χ4v) is 2.78. The van der Waals surface area contributed by atoms with Crippen LogP contribution in [0.2, 0.25) is 0 Å². The van der Waals surface area contributed by atoms with E-state index in [9.17, 15) is 19.2 Å². The maximum absolute atomic E-state index is 12.0. The molecule has 6 nitrogen and oxygen atoms in total. The fourth-order valence-electron chi connectivity index (χ4n) is 2.78. The zero-order valence-corrected chi connectivity index (χ0v) is 17.1. The maximum Gasteiger partial charge on any atom is 0.311 e. The molecule has 0 spiro atoms. The molecule has 0 fully saturated rings. The molecule has 1 rings (SSSR count). The minimum Gasteiger partial charge on any atom is -0.422 e. The van der Waals surface area contributed by atoms with Crippen LogP contribution in [-0.2, 0) is 28.7 Å². The summed E-state index contributed by atoms with van der Waals surface area (Å²) in [5, 5.41) is 0. The number of ether oxygens (including phenoxy) is 2. The molecule has 0 aromatic carbocycles. The molecule has 0 amide bonds. The van der Waals surface area contributed by atoms with E-state index < -0.39 is 23.5 Å². The molecule has 0 saturated carbocycles. The highest BCUT2D eigenvalue weighted by Crippen LogP contribution is 2.17. The van der Waals surface area contributed by atoms with Crippen LogP contribution in [0.3, 0.4) is 0 Å². The Labute approximate surface area is 167 Å². The van der Waals surface area contributed by atoms with Crippen LogP contribution in [0.25, 0.3) is 0 Å². The summed E-state index contributed by atoms with van der Waals surface area (Å²) in [4.78, 5) is 47.7. The number of rotatable bonds is 14. The molecule has 0 radical (unpaired) electrons. The summed E-state index contributed by atoms with van der Waals surface area (Å²) in [5.74, 6) is -3.00. The summed E-state index contributed by atoms with van der Waals surface area (Å²) in [6.07, 6.45) is 12.0. The van der Waals surface area contributed by atoms with Crippen LogP contribution in [0, 0.1) is 0 Å². The van der Waals surface area contributed by atoms with E-state index in [2.05, 4.69) is 13.8 Å². The smallest absolute Gasteiger partial charge is 0.311 e. The molecule has 0 atom stereocenters. The van der Waals surface area contributed by atoms with Gasteiger partial charge in [-0.15, -0.1) is 0 Å². The summed E-state index contributed by atoms with van der Waals surface area (Å²) in [6, 6.07) is 0. The molecule has 0 aliphatic heterocycles. The third kappa shape index (κ3) is 9.62. The van der Waals surface area contributed by atoms with Gasteiger partial charge in [-0.2, -0.15) is 0 Å². The first-order valence-electron chi connectivity index (χ1n) is 10.4. The average molecular weight is 392 g/mol. The van der Waals surface area contributed by atoms with Crippen molar-refractivity contribution in [1.29, 1.82) is 0 Å². The topological polar surface area (TPSA) is 86.7 Å². The molecule has 0 heterocycles. The minimum atomic E-state index is -0.648. The van der Waals surface area contributed by atoms with E-state index in [1.165, 1.54) is 0 Å². The van der Waals surface area contributed by atoms with Crippen LogP contribution in [0.15, 0.2) is 23.7 Å². The highest BCUT2D eigenvalue weighted by atomic mass is 16.5. The molecule has 1 aliphatic rings. The zero-order valence-electron chi connectivity index (χ0n) is 17.1. The van der Waals surface area contributed by atoms with Crippen LogP contribution in [0.4, 0.5) is 0 Å². The molecular weight excluding hydrogens is 360 g/mol. The van der Waals surface area contributed by atoms with E-state index in [1.54, 1.807) is 0 Å². The Morgan fingerprint density at radius 1 is 0.643 bits per heavy atom. The number of esters is 2. The van der Waals surface area contributed by atoms with E-state index in [0.717, 1.165) is 63.5 Å². The summed E-state index contributed by atoms with van der Waals surface area (Å²) in [5.41, 5.74) is 0. The van der Waals surface area contributed by atoms with Crippen molar-refractivity contribution >= 4 is 23.5 Å². The van der Waals surface area contributed by atoms with E-state index >= 15 is 0 Å². The molecule has 0 unspecified atom stereocenters. The SMILES string of the molecule is CCCCCCCC(=O)OC1=CC(=O)C(OC(=O)CCCCCCC)=CC1=O. The van der Waals surface area contributed by atoms with Gasteiger partial charge in [-0.3, -0.25) is 19.2 Å². The molecule has 6 heteroatoms. The largest absolute Gasteiger partial charge is 0.422 e. The number of carbonyl (C=O) groups excluding carboxylic acids is 4. The predicted molar refractivity (Wildman–Crippen MR) is 105 cm³/mol. The van der Waals surface area contributed by atoms with Gasteiger partial charge >= 0.3 is 11.9 Å². The molecule has 0 saturated heterocycles. The van der Waals surface area contributed by atoms with Gasteiger partial charge in [-0.1, -0.05) is 65.2 Å². The first-order chi connectivity index (χ1) is 13.5. The van der Waals surface area contributed by atoms with Gasteiger partial charge in [0.1, 0.15) is 0 Å². The number of carbonyl (C=O) groups is 4. The van der Waals surface area contributed by atoms with Crippen LogP contribution < -0.4 is 0 Å². The van der Waals surface area contributed by atoms with Crippen molar-refractivity contribution in [2.24, 2.45) is 0 Å². The number of hydrogen-bond donors (Lipinski definition) is 0. The van der Waals surface area contributed by atoms with Crippen LogP contribution in [0.5, 0.6) is 0 Å². The van der Waals surface area contributed by atoms with Gasteiger partial charge in [-0.25, -0.2) is 0 Å².